The molecule has 6 rings (SSSR count). The third-order valence-corrected chi connectivity index (χ3v) is 7.25. The molecule has 1 aliphatic rings. The molecule has 9 heteroatoms. The van der Waals surface area contributed by atoms with Crippen LogP contribution in [0.4, 0.5) is 10.1 Å². The van der Waals surface area contributed by atoms with Crippen LogP contribution in [0.3, 0.4) is 0 Å². The molecule has 0 spiro atoms. The molecule has 3 heterocycles. The molecule has 0 saturated heterocycles. The fraction of sp³-hybridized carbons (Fsp3) is 0.0400. The van der Waals surface area contributed by atoms with Gasteiger partial charge in [-0.05, 0) is 24.3 Å². The summed E-state index contributed by atoms with van der Waals surface area (Å²) in [6.45, 7) is 0.0642. The first-order valence-electron chi connectivity index (χ1n) is 10.4. The lowest BCUT2D eigenvalue weighted by Gasteiger charge is -2.17. The van der Waals surface area contributed by atoms with Crippen LogP contribution in [0.2, 0.25) is 0 Å². The van der Waals surface area contributed by atoms with Crippen molar-refractivity contribution in [3.05, 3.63) is 109 Å². The van der Waals surface area contributed by atoms with Crippen molar-refractivity contribution >= 4 is 49.4 Å². The van der Waals surface area contributed by atoms with Crippen LogP contribution >= 0.6 is 27.3 Å². The minimum absolute atomic E-state index is 0.0642. The van der Waals surface area contributed by atoms with Crippen LogP contribution in [0.15, 0.2) is 82.1 Å². The summed E-state index contributed by atoms with van der Waals surface area (Å²) in [7, 11) is 0. The zero-order valence-electron chi connectivity index (χ0n) is 17.4. The first-order valence-corrected chi connectivity index (χ1v) is 12.0. The monoisotopic (exact) mass is 532 g/mol. The fourth-order valence-electron chi connectivity index (χ4n) is 4.06. The molecule has 5 aromatic rings. The molecule has 1 aliphatic heterocycles. The standard InChI is InChI=1S/C25H14BrFN4O2S/c26-16-11-9-14(10-12-16)22-28-25-31(29-22)24(33)21(34-25)20-17-6-2-4-8-19(17)30(23(20)32)13-15-5-1-3-7-18(15)27/h1-12H,13H2. The predicted octanol–water partition coefficient (Wildman–Crippen LogP) is 4.18. The number of carbonyl (C=O) groups is 1. The Morgan fingerprint density at radius 1 is 0.941 bits per heavy atom. The topological polar surface area (TPSA) is 67.6 Å². The van der Waals surface area contributed by atoms with Gasteiger partial charge in [-0.2, -0.15) is 9.50 Å². The maximum Gasteiger partial charge on any atom is 0.291 e. The number of anilines is 1. The fourth-order valence-corrected chi connectivity index (χ4v) is 5.32. The second-order valence-corrected chi connectivity index (χ2v) is 9.64. The number of carbonyl (C=O) groups excluding carboxylic acids is 1. The number of hydrogen-bond donors (Lipinski definition) is 0. The normalized spacial score (nSPS) is 14.8. The van der Waals surface area contributed by atoms with Crippen LogP contribution in [-0.4, -0.2) is 20.5 Å². The van der Waals surface area contributed by atoms with Crippen LogP contribution in [0.25, 0.3) is 21.9 Å². The van der Waals surface area contributed by atoms with Gasteiger partial charge in [0.15, 0.2) is 5.82 Å². The average Bonchev–Trinajstić information content (AvgIpc) is 3.47. The highest BCUT2D eigenvalue weighted by atomic mass is 79.9. The predicted molar refractivity (Wildman–Crippen MR) is 132 cm³/mol. The maximum atomic E-state index is 14.3. The smallest absolute Gasteiger partial charge is 0.291 e. The molecule has 0 N–H and O–H groups in total. The van der Waals surface area contributed by atoms with Crippen molar-refractivity contribution in [3.8, 4) is 11.4 Å². The van der Waals surface area contributed by atoms with Gasteiger partial charge in [-0.3, -0.25) is 9.59 Å². The Kier molecular flexibility index (Phi) is 4.89. The molecule has 0 saturated carbocycles. The third-order valence-electron chi connectivity index (χ3n) is 5.70. The highest BCUT2D eigenvalue weighted by Crippen LogP contribution is 2.36. The van der Waals surface area contributed by atoms with E-state index in [1.54, 1.807) is 30.3 Å². The molecule has 0 atom stereocenters. The van der Waals surface area contributed by atoms with Gasteiger partial charge >= 0.3 is 0 Å². The molecule has 0 radical (unpaired) electrons. The number of fused-ring (bicyclic) bond motifs is 2. The van der Waals surface area contributed by atoms with Gasteiger partial charge in [0.1, 0.15) is 10.3 Å². The molecule has 6 nitrogen and oxygen atoms in total. The quantitative estimate of drug-likeness (QED) is 0.349. The molecule has 2 aromatic heterocycles. The summed E-state index contributed by atoms with van der Waals surface area (Å²) < 4.78 is 16.7. The maximum absolute atomic E-state index is 14.3. The SMILES string of the molecule is O=C1C(=c2sc3nc(-c4ccc(Br)cc4)nn3c2=O)c2ccccc2N1Cc1ccccc1F. The summed E-state index contributed by atoms with van der Waals surface area (Å²) >= 11 is 4.53. The van der Waals surface area contributed by atoms with Crippen molar-refractivity contribution in [2.24, 2.45) is 0 Å². The van der Waals surface area contributed by atoms with Crippen molar-refractivity contribution in [2.75, 3.05) is 4.90 Å². The van der Waals surface area contributed by atoms with Gasteiger partial charge in [0.05, 0.1) is 17.8 Å². The number of para-hydroxylation sites is 1. The Morgan fingerprint density at radius 2 is 1.68 bits per heavy atom. The number of rotatable bonds is 3. The number of amides is 1. The highest BCUT2D eigenvalue weighted by Gasteiger charge is 2.34. The lowest BCUT2D eigenvalue weighted by atomic mass is 10.1. The van der Waals surface area contributed by atoms with E-state index >= 15 is 0 Å². The minimum Gasteiger partial charge on any atom is -0.303 e. The Labute approximate surface area is 204 Å². The Balaban J connectivity index is 1.50. The van der Waals surface area contributed by atoms with Crippen molar-refractivity contribution in [1.82, 2.24) is 14.6 Å². The van der Waals surface area contributed by atoms with Gasteiger partial charge in [0.2, 0.25) is 4.96 Å². The molecular formula is C25H14BrFN4O2S. The van der Waals surface area contributed by atoms with Crippen molar-refractivity contribution < 1.29 is 9.18 Å². The van der Waals surface area contributed by atoms with Gasteiger partial charge in [-0.25, -0.2) is 4.39 Å². The summed E-state index contributed by atoms with van der Waals surface area (Å²) in [5.74, 6) is -0.295. The van der Waals surface area contributed by atoms with Crippen LogP contribution in [0.1, 0.15) is 11.1 Å². The van der Waals surface area contributed by atoms with Crippen molar-refractivity contribution in [2.45, 2.75) is 6.54 Å². The molecule has 3 aromatic carbocycles. The van der Waals surface area contributed by atoms with Gasteiger partial charge in [-0.1, -0.05) is 75.8 Å². The zero-order chi connectivity index (χ0) is 23.4. The molecule has 0 unspecified atom stereocenters. The van der Waals surface area contributed by atoms with Crippen molar-refractivity contribution in [1.29, 1.82) is 0 Å². The van der Waals surface area contributed by atoms with E-state index in [9.17, 15) is 14.0 Å². The lowest BCUT2D eigenvalue weighted by molar-refractivity contribution is -0.113. The number of thiazole rings is 1. The van der Waals surface area contributed by atoms with Gasteiger partial charge in [-0.15, -0.1) is 5.10 Å². The van der Waals surface area contributed by atoms with Gasteiger partial charge < -0.3 is 4.90 Å². The van der Waals surface area contributed by atoms with E-state index in [4.69, 9.17) is 0 Å². The van der Waals surface area contributed by atoms with E-state index < -0.39 is 5.56 Å². The van der Waals surface area contributed by atoms with E-state index in [2.05, 4.69) is 26.0 Å². The Hall–Kier alpha value is -3.69. The molecule has 0 aliphatic carbocycles. The molecule has 1 amide bonds. The van der Waals surface area contributed by atoms with Crippen LogP contribution in [0, 0.1) is 5.82 Å². The summed E-state index contributed by atoms with van der Waals surface area (Å²) in [5, 5.41) is 4.38. The first-order chi connectivity index (χ1) is 16.5. The lowest BCUT2D eigenvalue weighted by Crippen LogP contribution is -2.32. The van der Waals surface area contributed by atoms with Gasteiger partial charge in [0.25, 0.3) is 11.5 Å². The molecule has 0 fully saturated rings. The van der Waals surface area contributed by atoms with Crippen LogP contribution in [-0.2, 0) is 11.3 Å². The molecular weight excluding hydrogens is 519 g/mol. The summed E-state index contributed by atoms with van der Waals surface area (Å²) in [4.78, 5) is 33.3. The number of hydrogen-bond acceptors (Lipinski definition) is 5. The van der Waals surface area contributed by atoms with E-state index in [0.29, 0.717) is 33.2 Å². The second-order valence-electron chi connectivity index (χ2n) is 7.75. The number of aromatic nitrogens is 3. The Morgan fingerprint density at radius 3 is 2.44 bits per heavy atom. The van der Waals surface area contributed by atoms with Gasteiger partial charge in [0, 0.05) is 21.2 Å². The van der Waals surface area contributed by atoms with E-state index in [-0.39, 0.29) is 22.8 Å². The number of benzene rings is 3. The molecule has 0 bridgehead atoms. The average molecular weight is 533 g/mol. The summed E-state index contributed by atoms with van der Waals surface area (Å²) in [6.07, 6.45) is 0. The number of nitrogens with zero attached hydrogens (tertiary/aromatic N) is 4. The third kappa shape index (κ3) is 3.27. The largest absolute Gasteiger partial charge is 0.303 e. The first kappa shape index (κ1) is 20.9. The van der Waals surface area contributed by atoms with E-state index in [0.717, 1.165) is 21.4 Å². The molecule has 166 valence electrons. The number of halogens is 2. The van der Waals surface area contributed by atoms with E-state index in [1.807, 2.05) is 36.4 Å². The van der Waals surface area contributed by atoms with Crippen molar-refractivity contribution in [3.63, 3.8) is 0 Å². The second kappa shape index (κ2) is 7.96. The highest BCUT2D eigenvalue weighted by molar-refractivity contribution is 9.10. The zero-order valence-corrected chi connectivity index (χ0v) is 19.8. The van der Waals surface area contributed by atoms with Crippen LogP contribution < -0.4 is 15.0 Å². The summed E-state index contributed by atoms with van der Waals surface area (Å²) in [5.41, 5.74) is 2.35. The van der Waals surface area contributed by atoms with Crippen LogP contribution in [0.5, 0.6) is 0 Å². The Bertz CT molecular complexity index is 1710. The molecule has 34 heavy (non-hydrogen) atoms. The minimum atomic E-state index is -0.401. The summed E-state index contributed by atoms with van der Waals surface area (Å²) in [6, 6.07) is 21.1. The van der Waals surface area contributed by atoms with E-state index in [1.165, 1.54) is 15.5 Å².